The van der Waals surface area contributed by atoms with Crippen LogP contribution in [0.5, 0.6) is 11.6 Å². The van der Waals surface area contributed by atoms with E-state index < -0.39 is 0 Å². The number of fused-ring (bicyclic) bond motifs is 1. The summed E-state index contributed by atoms with van der Waals surface area (Å²) in [6.45, 7) is 0. The molecule has 0 spiro atoms. The van der Waals surface area contributed by atoms with Crippen molar-refractivity contribution in [2.75, 3.05) is 0 Å². The number of ether oxygens (including phenoxy) is 1. The summed E-state index contributed by atoms with van der Waals surface area (Å²) < 4.78 is 8.07. The summed E-state index contributed by atoms with van der Waals surface area (Å²) >= 11 is 0. The second kappa shape index (κ2) is 6.63. The number of hydrogen-bond acceptors (Lipinski definition) is 3. The average Bonchev–Trinajstić information content (AvgIpc) is 2.97. The monoisotopic (exact) mass is 321 g/mol. The molecule has 0 amide bonds. The molecular weight excluding hydrogens is 298 g/mol. The zero-order valence-corrected chi connectivity index (χ0v) is 14.1. The highest BCUT2D eigenvalue weighted by Crippen LogP contribution is 2.27. The van der Waals surface area contributed by atoms with Crippen molar-refractivity contribution in [3.63, 3.8) is 0 Å². The Bertz CT molecular complexity index is 834. The van der Waals surface area contributed by atoms with Crippen LogP contribution >= 0.6 is 0 Å². The largest absolute Gasteiger partial charge is 0.439 e. The van der Waals surface area contributed by atoms with Gasteiger partial charge in [-0.2, -0.15) is 4.98 Å². The average molecular weight is 321 g/mol. The van der Waals surface area contributed by atoms with Gasteiger partial charge in [-0.1, -0.05) is 32.1 Å². The van der Waals surface area contributed by atoms with Gasteiger partial charge in [0.05, 0.1) is 0 Å². The Morgan fingerprint density at radius 2 is 2.00 bits per heavy atom. The fraction of sp³-hybridized carbons (Fsp3) is 0.400. The van der Waals surface area contributed by atoms with Gasteiger partial charge in [0.1, 0.15) is 11.6 Å². The van der Waals surface area contributed by atoms with E-state index in [1.54, 1.807) is 0 Å². The summed E-state index contributed by atoms with van der Waals surface area (Å²) in [6.07, 6.45) is 11.5. The first kappa shape index (κ1) is 15.2. The van der Waals surface area contributed by atoms with Gasteiger partial charge in [0.2, 0.25) is 5.88 Å². The molecule has 2 heterocycles. The van der Waals surface area contributed by atoms with Gasteiger partial charge < -0.3 is 9.30 Å². The third kappa shape index (κ3) is 3.28. The molecule has 1 saturated carbocycles. The Kier molecular flexibility index (Phi) is 4.20. The number of nitrogens with zero attached hydrogens (tertiary/aromatic N) is 3. The molecule has 3 aromatic rings. The molecule has 4 heteroatoms. The van der Waals surface area contributed by atoms with Crippen molar-refractivity contribution in [1.82, 2.24) is 14.5 Å². The van der Waals surface area contributed by atoms with Crippen molar-refractivity contribution in [3.05, 3.63) is 48.5 Å². The van der Waals surface area contributed by atoms with Gasteiger partial charge in [-0.25, -0.2) is 4.98 Å². The van der Waals surface area contributed by atoms with Gasteiger partial charge in [-0.3, -0.25) is 0 Å². The molecular formula is C20H23N3O. The van der Waals surface area contributed by atoms with Crippen LogP contribution in [0.2, 0.25) is 0 Å². The molecule has 1 aliphatic rings. The molecule has 0 aliphatic heterocycles. The number of rotatable bonds is 4. The van der Waals surface area contributed by atoms with Gasteiger partial charge in [0, 0.05) is 42.8 Å². The fourth-order valence-electron chi connectivity index (χ4n) is 3.63. The zero-order valence-electron chi connectivity index (χ0n) is 14.1. The van der Waals surface area contributed by atoms with Gasteiger partial charge >= 0.3 is 0 Å². The molecule has 1 fully saturated rings. The number of aromatic nitrogens is 3. The van der Waals surface area contributed by atoms with Crippen LogP contribution in [0.15, 0.2) is 42.7 Å². The molecule has 4 nitrogen and oxygen atoms in total. The Morgan fingerprint density at radius 1 is 1.12 bits per heavy atom. The van der Waals surface area contributed by atoms with Crippen LogP contribution in [-0.2, 0) is 13.5 Å². The Balaban J connectivity index is 1.49. The SMILES string of the molecule is Cn1ccc2cc(Oc3ccnc(CC4CCCCC4)n3)ccc21. The molecule has 124 valence electrons. The summed E-state index contributed by atoms with van der Waals surface area (Å²) in [4.78, 5) is 9.04. The lowest BCUT2D eigenvalue weighted by molar-refractivity contribution is 0.349. The van der Waals surface area contributed by atoms with Crippen LogP contribution in [0.1, 0.15) is 37.9 Å². The van der Waals surface area contributed by atoms with Crippen LogP contribution < -0.4 is 4.74 Å². The summed E-state index contributed by atoms with van der Waals surface area (Å²) in [5.74, 6) is 3.08. The summed E-state index contributed by atoms with van der Waals surface area (Å²) in [5, 5.41) is 1.17. The van der Waals surface area contributed by atoms with Crippen molar-refractivity contribution in [2.24, 2.45) is 13.0 Å². The molecule has 1 aliphatic carbocycles. The van der Waals surface area contributed by atoms with Gasteiger partial charge in [-0.15, -0.1) is 0 Å². The highest BCUT2D eigenvalue weighted by atomic mass is 16.5. The topological polar surface area (TPSA) is 39.9 Å². The quantitative estimate of drug-likeness (QED) is 0.687. The molecule has 0 N–H and O–H groups in total. The van der Waals surface area contributed by atoms with Crippen LogP contribution in [0.25, 0.3) is 10.9 Å². The maximum absolute atomic E-state index is 5.97. The smallest absolute Gasteiger partial charge is 0.222 e. The lowest BCUT2D eigenvalue weighted by Gasteiger charge is -2.20. The predicted octanol–water partition coefficient (Wildman–Crippen LogP) is 4.88. The van der Waals surface area contributed by atoms with E-state index in [9.17, 15) is 0 Å². The normalized spacial score (nSPS) is 15.7. The van der Waals surface area contributed by atoms with E-state index in [1.165, 1.54) is 43.0 Å². The molecule has 0 saturated heterocycles. The number of aryl methyl sites for hydroxylation is 1. The van der Waals surface area contributed by atoms with Crippen LogP contribution in [-0.4, -0.2) is 14.5 Å². The molecule has 24 heavy (non-hydrogen) atoms. The Labute approximate surface area is 142 Å². The predicted molar refractivity (Wildman–Crippen MR) is 95.3 cm³/mol. The lowest BCUT2D eigenvalue weighted by Crippen LogP contribution is -2.11. The molecule has 2 aromatic heterocycles. The second-order valence-electron chi connectivity index (χ2n) is 6.77. The van der Waals surface area contributed by atoms with Crippen LogP contribution in [0.4, 0.5) is 0 Å². The van der Waals surface area contributed by atoms with E-state index in [1.807, 2.05) is 25.4 Å². The van der Waals surface area contributed by atoms with Crippen LogP contribution in [0.3, 0.4) is 0 Å². The van der Waals surface area contributed by atoms with E-state index in [0.29, 0.717) is 5.88 Å². The van der Waals surface area contributed by atoms with E-state index in [2.05, 4.69) is 38.9 Å². The van der Waals surface area contributed by atoms with Crippen molar-refractivity contribution >= 4 is 10.9 Å². The molecule has 4 rings (SSSR count). The van der Waals surface area contributed by atoms with Gasteiger partial charge in [-0.05, 0) is 30.2 Å². The summed E-state index contributed by atoms with van der Waals surface area (Å²) in [5.41, 5.74) is 1.20. The van der Waals surface area contributed by atoms with Crippen molar-refractivity contribution < 1.29 is 4.74 Å². The van der Waals surface area contributed by atoms with Crippen molar-refractivity contribution in [3.8, 4) is 11.6 Å². The minimum Gasteiger partial charge on any atom is -0.439 e. The zero-order chi connectivity index (χ0) is 16.4. The minimum absolute atomic E-state index is 0.631. The van der Waals surface area contributed by atoms with Gasteiger partial charge in [0.25, 0.3) is 0 Å². The maximum atomic E-state index is 5.97. The number of hydrogen-bond donors (Lipinski definition) is 0. The van der Waals surface area contributed by atoms with Crippen molar-refractivity contribution in [1.29, 1.82) is 0 Å². The molecule has 0 bridgehead atoms. The lowest BCUT2D eigenvalue weighted by atomic mass is 9.87. The van der Waals surface area contributed by atoms with Gasteiger partial charge in [0.15, 0.2) is 0 Å². The standard InChI is InChI=1S/C20H23N3O/c1-23-12-10-16-14-17(7-8-18(16)23)24-20-9-11-21-19(22-20)13-15-5-3-2-4-6-15/h7-12,14-15H,2-6,13H2,1H3. The number of benzene rings is 1. The van der Waals surface area contributed by atoms with E-state index in [4.69, 9.17) is 4.74 Å². The van der Waals surface area contributed by atoms with Crippen molar-refractivity contribution in [2.45, 2.75) is 38.5 Å². The van der Waals surface area contributed by atoms with E-state index in [0.717, 1.165) is 23.9 Å². The highest BCUT2D eigenvalue weighted by Gasteiger charge is 2.15. The fourth-order valence-corrected chi connectivity index (χ4v) is 3.63. The van der Waals surface area contributed by atoms with E-state index in [-0.39, 0.29) is 0 Å². The van der Waals surface area contributed by atoms with E-state index >= 15 is 0 Å². The summed E-state index contributed by atoms with van der Waals surface area (Å²) in [6, 6.07) is 10.1. The van der Waals surface area contributed by atoms with Crippen LogP contribution in [0, 0.1) is 5.92 Å². The third-order valence-electron chi connectivity index (χ3n) is 4.96. The second-order valence-corrected chi connectivity index (χ2v) is 6.77. The molecule has 0 radical (unpaired) electrons. The summed E-state index contributed by atoms with van der Waals surface area (Å²) in [7, 11) is 2.05. The first-order chi connectivity index (χ1) is 11.8. The molecule has 0 atom stereocenters. The third-order valence-corrected chi connectivity index (χ3v) is 4.96. The highest BCUT2D eigenvalue weighted by molar-refractivity contribution is 5.81. The minimum atomic E-state index is 0.631. The maximum Gasteiger partial charge on any atom is 0.222 e. The first-order valence-electron chi connectivity index (χ1n) is 8.83. The molecule has 1 aromatic carbocycles. The Hall–Kier alpha value is -2.36. The molecule has 0 unspecified atom stereocenters. The Morgan fingerprint density at radius 3 is 2.88 bits per heavy atom. The first-order valence-corrected chi connectivity index (χ1v) is 8.83.